The standard InChI is InChI=1S/C24H30N6O4S/c1-11-17(23-29-19-16(35-23)4-6-25-18(19)12-2-3-12)22(28-15-8-13(9-31)20(32)21(15)33)30-24(26-11)27-14-5-7-34-10-14/h4,6,12-15,20-21,31-33H,2-3,5,7-10H2,1H3,(H2,26,27,28,30)/t13-,14+,15-,20-,21+/m1/s1. The second-order valence-corrected chi connectivity index (χ2v) is 10.8. The molecule has 3 aliphatic rings. The fourth-order valence-corrected chi connectivity index (χ4v) is 6.16. The minimum Gasteiger partial charge on any atom is -0.396 e. The molecule has 4 heterocycles. The molecule has 0 aromatic carbocycles. The third-order valence-corrected chi connectivity index (χ3v) is 8.26. The van der Waals surface area contributed by atoms with Crippen LogP contribution in [0.1, 0.15) is 43.0 Å². The topological polar surface area (TPSA) is 146 Å². The van der Waals surface area contributed by atoms with Crippen molar-refractivity contribution in [1.82, 2.24) is 19.9 Å². The molecule has 0 amide bonds. The fraction of sp³-hybridized carbons (Fsp3) is 0.583. The zero-order chi connectivity index (χ0) is 24.1. The quantitative estimate of drug-likeness (QED) is 0.328. The summed E-state index contributed by atoms with van der Waals surface area (Å²) in [5.41, 5.74) is 3.52. The van der Waals surface area contributed by atoms with E-state index in [0.717, 1.165) is 51.4 Å². The largest absolute Gasteiger partial charge is 0.396 e. The summed E-state index contributed by atoms with van der Waals surface area (Å²) in [6.07, 6.45) is 3.44. The molecule has 10 nitrogen and oxygen atoms in total. The number of aliphatic hydroxyl groups excluding tert-OH is 3. The Kier molecular flexibility index (Phi) is 6.05. The molecule has 186 valence electrons. The maximum absolute atomic E-state index is 10.6. The number of aromatic nitrogens is 4. The number of rotatable bonds is 7. The van der Waals surface area contributed by atoms with Gasteiger partial charge >= 0.3 is 0 Å². The molecular formula is C24H30N6O4S. The van der Waals surface area contributed by atoms with Crippen molar-refractivity contribution in [2.24, 2.45) is 5.92 Å². The maximum Gasteiger partial charge on any atom is 0.225 e. The lowest BCUT2D eigenvalue weighted by atomic mass is 10.1. The van der Waals surface area contributed by atoms with Crippen LogP contribution in [-0.2, 0) is 4.74 Å². The summed E-state index contributed by atoms with van der Waals surface area (Å²) in [4.78, 5) is 19.1. The third kappa shape index (κ3) is 4.36. The minimum atomic E-state index is -1.02. The van der Waals surface area contributed by atoms with Gasteiger partial charge in [0.2, 0.25) is 5.95 Å². The summed E-state index contributed by atoms with van der Waals surface area (Å²) in [6.45, 7) is 3.06. The summed E-state index contributed by atoms with van der Waals surface area (Å²) in [7, 11) is 0. The minimum absolute atomic E-state index is 0.139. The first-order chi connectivity index (χ1) is 17.0. The van der Waals surface area contributed by atoms with Gasteiger partial charge in [0.1, 0.15) is 22.4 Å². The molecule has 11 heteroatoms. The lowest BCUT2D eigenvalue weighted by molar-refractivity contribution is 0.00446. The average Bonchev–Trinajstić information content (AvgIpc) is 3.27. The van der Waals surface area contributed by atoms with Crippen LogP contribution in [0.3, 0.4) is 0 Å². The van der Waals surface area contributed by atoms with Crippen molar-refractivity contribution in [2.45, 2.75) is 62.8 Å². The molecule has 3 aromatic rings. The van der Waals surface area contributed by atoms with Crippen LogP contribution in [-0.4, -0.2) is 79.4 Å². The van der Waals surface area contributed by atoms with E-state index in [9.17, 15) is 15.3 Å². The molecule has 1 aliphatic heterocycles. The molecule has 2 aliphatic carbocycles. The predicted octanol–water partition coefficient (Wildman–Crippen LogP) is 2.05. The zero-order valence-electron chi connectivity index (χ0n) is 19.5. The van der Waals surface area contributed by atoms with Crippen LogP contribution in [0.5, 0.6) is 0 Å². The summed E-state index contributed by atoms with van der Waals surface area (Å²) < 4.78 is 6.55. The Morgan fingerprint density at radius 1 is 1.11 bits per heavy atom. The van der Waals surface area contributed by atoms with Gasteiger partial charge in [-0.3, -0.25) is 4.98 Å². The Hall–Kier alpha value is -2.44. The highest BCUT2D eigenvalue weighted by atomic mass is 32.1. The Morgan fingerprint density at radius 3 is 2.69 bits per heavy atom. The number of nitrogens with one attached hydrogen (secondary N) is 2. The summed E-state index contributed by atoms with van der Waals surface area (Å²) in [5.74, 6) is 1.12. The lowest BCUT2D eigenvalue weighted by Gasteiger charge is -2.22. The number of hydrogen-bond donors (Lipinski definition) is 5. The van der Waals surface area contributed by atoms with Gasteiger partial charge < -0.3 is 30.7 Å². The van der Waals surface area contributed by atoms with E-state index in [1.165, 1.54) is 0 Å². The number of fused-ring (bicyclic) bond motifs is 1. The third-order valence-electron chi connectivity index (χ3n) is 7.22. The van der Waals surface area contributed by atoms with E-state index < -0.39 is 24.2 Å². The van der Waals surface area contributed by atoms with E-state index in [1.54, 1.807) is 11.3 Å². The molecule has 5 atom stereocenters. The van der Waals surface area contributed by atoms with Crippen LogP contribution < -0.4 is 10.6 Å². The molecule has 0 unspecified atom stereocenters. The number of aryl methyl sites for hydroxylation is 1. The summed E-state index contributed by atoms with van der Waals surface area (Å²) >= 11 is 1.58. The highest BCUT2D eigenvalue weighted by Gasteiger charge is 2.41. The number of anilines is 2. The second kappa shape index (κ2) is 9.21. The number of nitrogens with zero attached hydrogens (tertiary/aromatic N) is 4. The van der Waals surface area contributed by atoms with Gasteiger partial charge in [0.15, 0.2) is 0 Å². The fourth-order valence-electron chi connectivity index (χ4n) is 5.09. The van der Waals surface area contributed by atoms with Gasteiger partial charge in [0.05, 0.1) is 46.4 Å². The van der Waals surface area contributed by atoms with Gasteiger partial charge in [-0.1, -0.05) is 0 Å². The van der Waals surface area contributed by atoms with E-state index in [2.05, 4.69) is 15.6 Å². The normalized spacial score (nSPS) is 28.6. The predicted molar refractivity (Wildman–Crippen MR) is 133 cm³/mol. The van der Waals surface area contributed by atoms with Crippen LogP contribution in [0.15, 0.2) is 12.3 Å². The van der Waals surface area contributed by atoms with Crippen LogP contribution in [0.2, 0.25) is 0 Å². The van der Waals surface area contributed by atoms with Crippen molar-refractivity contribution in [3.05, 3.63) is 23.7 Å². The average molecular weight is 499 g/mol. The van der Waals surface area contributed by atoms with Crippen molar-refractivity contribution in [2.75, 3.05) is 30.5 Å². The molecule has 3 fully saturated rings. The number of thiazole rings is 1. The molecule has 5 N–H and O–H groups in total. The number of hydrogen-bond acceptors (Lipinski definition) is 11. The SMILES string of the molecule is Cc1nc(N[C@H]2CCOC2)nc(N[C@@H]2C[C@H](CO)[C@@H](O)[C@H]2O)c1-c1nc2c(C3CC3)nccc2s1. The van der Waals surface area contributed by atoms with Crippen molar-refractivity contribution in [1.29, 1.82) is 0 Å². The van der Waals surface area contributed by atoms with E-state index in [0.29, 0.717) is 37.3 Å². The van der Waals surface area contributed by atoms with E-state index >= 15 is 0 Å². The smallest absolute Gasteiger partial charge is 0.225 e. The van der Waals surface area contributed by atoms with Crippen LogP contribution >= 0.6 is 11.3 Å². The van der Waals surface area contributed by atoms with Gasteiger partial charge in [-0.05, 0) is 38.7 Å². The van der Waals surface area contributed by atoms with E-state index in [4.69, 9.17) is 19.7 Å². The van der Waals surface area contributed by atoms with Gasteiger partial charge in [-0.25, -0.2) is 9.97 Å². The molecule has 35 heavy (non-hydrogen) atoms. The Labute approximate surface area is 206 Å². The van der Waals surface area contributed by atoms with Crippen molar-refractivity contribution in [3.63, 3.8) is 0 Å². The van der Waals surface area contributed by atoms with Crippen molar-refractivity contribution in [3.8, 4) is 10.6 Å². The summed E-state index contributed by atoms with van der Waals surface area (Å²) in [6, 6.07) is 1.67. The first kappa shape index (κ1) is 23.0. The lowest BCUT2D eigenvalue weighted by Crippen LogP contribution is -2.36. The van der Waals surface area contributed by atoms with Gasteiger partial charge in [0.25, 0.3) is 0 Å². The molecule has 3 aromatic heterocycles. The number of aliphatic hydroxyl groups is 3. The van der Waals surface area contributed by atoms with Gasteiger partial charge in [-0.15, -0.1) is 11.3 Å². The first-order valence-corrected chi connectivity index (χ1v) is 13.1. The van der Waals surface area contributed by atoms with Gasteiger partial charge in [0, 0.05) is 31.2 Å². The number of pyridine rings is 1. The molecule has 0 radical (unpaired) electrons. The first-order valence-electron chi connectivity index (χ1n) is 12.2. The van der Waals surface area contributed by atoms with Gasteiger partial charge in [-0.2, -0.15) is 4.98 Å². The molecule has 1 saturated heterocycles. The van der Waals surface area contributed by atoms with Crippen LogP contribution in [0, 0.1) is 12.8 Å². The number of ether oxygens (including phenoxy) is 1. The van der Waals surface area contributed by atoms with E-state index in [1.807, 2.05) is 19.2 Å². The maximum atomic E-state index is 10.6. The zero-order valence-corrected chi connectivity index (χ0v) is 20.3. The molecular weight excluding hydrogens is 468 g/mol. The highest BCUT2D eigenvalue weighted by molar-refractivity contribution is 7.21. The van der Waals surface area contributed by atoms with Crippen molar-refractivity contribution < 1.29 is 20.1 Å². The Morgan fingerprint density at radius 2 is 1.97 bits per heavy atom. The highest BCUT2D eigenvalue weighted by Crippen LogP contribution is 2.44. The Balaban J connectivity index is 1.40. The molecule has 6 rings (SSSR count). The molecule has 0 bridgehead atoms. The van der Waals surface area contributed by atoms with E-state index in [-0.39, 0.29) is 12.6 Å². The molecule has 0 spiro atoms. The second-order valence-electron chi connectivity index (χ2n) is 9.81. The van der Waals surface area contributed by atoms with Crippen LogP contribution in [0.4, 0.5) is 11.8 Å². The Bertz CT molecular complexity index is 1230. The monoisotopic (exact) mass is 498 g/mol. The van der Waals surface area contributed by atoms with Crippen LogP contribution in [0.25, 0.3) is 20.8 Å². The van der Waals surface area contributed by atoms with Crippen molar-refractivity contribution >= 4 is 33.3 Å². The molecule has 2 saturated carbocycles. The summed E-state index contributed by atoms with van der Waals surface area (Å²) in [5, 5.41) is 38.1.